The number of nitrogens with zero attached hydrogens (tertiary/aromatic N) is 3. The molecule has 0 aromatic carbocycles. The van der Waals surface area contributed by atoms with Gasteiger partial charge in [-0.3, -0.25) is 14.7 Å². The molecule has 5 heteroatoms. The molecular weight excluding hydrogens is 278 g/mol. The summed E-state index contributed by atoms with van der Waals surface area (Å²) < 4.78 is 4.97. The minimum absolute atomic E-state index is 0.120. The fourth-order valence-electron chi connectivity index (χ4n) is 3.91. The zero-order valence-corrected chi connectivity index (χ0v) is 13.3. The molecule has 5 nitrogen and oxygen atoms in total. The number of piperidine rings is 1. The first-order valence-electron chi connectivity index (χ1n) is 8.14. The molecule has 2 saturated heterocycles. The van der Waals surface area contributed by atoms with Gasteiger partial charge in [0.1, 0.15) is 6.61 Å². The van der Waals surface area contributed by atoms with Crippen molar-refractivity contribution in [3.8, 4) is 0 Å². The van der Waals surface area contributed by atoms with Crippen molar-refractivity contribution in [3.63, 3.8) is 0 Å². The highest BCUT2D eigenvalue weighted by Gasteiger charge is 2.43. The molecule has 3 rings (SSSR count). The Labute approximate surface area is 132 Å². The van der Waals surface area contributed by atoms with Gasteiger partial charge in [-0.2, -0.15) is 0 Å². The number of amides is 1. The van der Waals surface area contributed by atoms with E-state index in [4.69, 9.17) is 4.74 Å². The number of carbonyl (C=O) groups is 1. The van der Waals surface area contributed by atoms with Crippen molar-refractivity contribution in [1.82, 2.24) is 14.8 Å². The first-order valence-corrected chi connectivity index (χ1v) is 8.14. The van der Waals surface area contributed by atoms with Crippen molar-refractivity contribution < 1.29 is 9.53 Å². The summed E-state index contributed by atoms with van der Waals surface area (Å²) in [4.78, 5) is 20.7. The third-order valence-electron chi connectivity index (χ3n) is 5.15. The fourth-order valence-corrected chi connectivity index (χ4v) is 3.91. The molecule has 0 saturated carbocycles. The lowest BCUT2D eigenvalue weighted by Crippen LogP contribution is -2.53. The summed E-state index contributed by atoms with van der Waals surface area (Å²) in [5.41, 5.74) is 1.56. The van der Waals surface area contributed by atoms with E-state index in [2.05, 4.69) is 16.0 Å². The standard InChI is InChI=1S/C17H25N3O2/c1-22-14-16(21)19-10-6-17(7-11-19)5-3-9-20(17)13-15-4-2-8-18-12-15/h2,4,8,12H,3,5-7,9-11,13-14H2,1H3. The number of hydrogen-bond acceptors (Lipinski definition) is 4. The Kier molecular flexibility index (Phi) is 4.74. The largest absolute Gasteiger partial charge is 0.375 e. The molecule has 1 amide bonds. The van der Waals surface area contributed by atoms with Gasteiger partial charge in [0.05, 0.1) is 0 Å². The maximum absolute atomic E-state index is 12.0. The summed E-state index contributed by atoms with van der Waals surface area (Å²) >= 11 is 0. The molecule has 22 heavy (non-hydrogen) atoms. The van der Waals surface area contributed by atoms with Crippen LogP contribution in [0.15, 0.2) is 24.5 Å². The van der Waals surface area contributed by atoms with Gasteiger partial charge in [-0.1, -0.05) is 6.07 Å². The third kappa shape index (κ3) is 3.15. The Morgan fingerprint density at radius 1 is 1.32 bits per heavy atom. The van der Waals surface area contributed by atoms with Crippen molar-refractivity contribution >= 4 is 5.91 Å². The van der Waals surface area contributed by atoms with E-state index in [0.717, 1.165) is 39.0 Å². The van der Waals surface area contributed by atoms with E-state index in [9.17, 15) is 4.79 Å². The highest BCUT2D eigenvalue weighted by atomic mass is 16.5. The second-order valence-electron chi connectivity index (χ2n) is 6.42. The van der Waals surface area contributed by atoms with Crippen LogP contribution < -0.4 is 0 Å². The molecule has 0 radical (unpaired) electrons. The average Bonchev–Trinajstić information content (AvgIpc) is 2.91. The van der Waals surface area contributed by atoms with Crippen molar-refractivity contribution in [2.75, 3.05) is 33.4 Å². The highest BCUT2D eigenvalue weighted by molar-refractivity contribution is 5.77. The number of carbonyl (C=O) groups excluding carboxylic acids is 1. The van der Waals surface area contributed by atoms with Crippen LogP contribution in [0.2, 0.25) is 0 Å². The van der Waals surface area contributed by atoms with E-state index in [1.54, 1.807) is 7.11 Å². The Morgan fingerprint density at radius 3 is 2.82 bits per heavy atom. The normalized spacial score (nSPS) is 21.4. The van der Waals surface area contributed by atoms with E-state index in [-0.39, 0.29) is 18.1 Å². The zero-order valence-electron chi connectivity index (χ0n) is 13.3. The first-order chi connectivity index (χ1) is 10.7. The van der Waals surface area contributed by atoms with Crippen molar-refractivity contribution in [2.24, 2.45) is 0 Å². The average molecular weight is 303 g/mol. The summed E-state index contributed by atoms with van der Waals surface area (Å²) in [5, 5.41) is 0. The maximum atomic E-state index is 12.0. The van der Waals surface area contributed by atoms with Crippen LogP contribution in [-0.2, 0) is 16.1 Å². The zero-order chi connectivity index (χ0) is 15.4. The maximum Gasteiger partial charge on any atom is 0.248 e. The van der Waals surface area contributed by atoms with Crippen molar-refractivity contribution in [1.29, 1.82) is 0 Å². The Bertz CT molecular complexity index is 498. The molecule has 2 aliphatic rings. The van der Waals surface area contributed by atoms with Crippen molar-refractivity contribution in [2.45, 2.75) is 37.8 Å². The summed E-state index contributed by atoms with van der Waals surface area (Å²) in [7, 11) is 1.58. The molecule has 120 valence electrons. The number of aromatic nitrogens is 1. The Balaban J connectivity index is 1.62. The van der Waals surface area contributed by atoms with Gasteiger partial charge in [0.15, 0.2) is 0 Å². The molecule has 1 spiro atoms. The summed E-state index contributed by atoms with van der Waals surface area (Å²) in [6.07, 6.45) is 8.43. The third-order valence-corrected chi connectivity index (χ3v) is 5.15. The summed E-state index contributed by atoms with van der Waals surface area (Å²) in [6, 6.07) is 4.15. The van der Waals surface area contributed by atoms with Crippen LogP contribution in [0.1, 0.15) is 31.2 Å². The van der Waals surface area contributed by atoms with Gasteiger partial charge < -0.3 is 9.64 Å². The van der Waals surface area contributed by atoms with Gasteiger partial charge in [0.2, 0.25) is 5.91 Å². The van der Waals surface area contributed by atoms with E-state index < -0.39 is 0 Å². The minimum Gasteiger partial charge on any atom is -0.375 e. The van der Waals surface area contributed by atoms with E-state index >= 15 is 0 Å². The predicted octanol–water partition coefficient (Wildman–Crippen LogP) is 1.68. The van der Waals surface area contributed by atoms with Crippen LogP contribution in [0.3, 0.4) is 0 Å². The molecule has 0 aliphatic carbocycles. The first kappa shape index (κ1) is 15.4. The number of hydrogen-bond donors (Lipinski definition) is 0. The SMILES string of the molecule is COCC(=O)N1CCC2(CCCN2Cc2cccnc2)CC1. The van der Waals surface area contributed by atoms with Gasteiger partial charge in [0.25, 0.3) is 0 Å². The molecular formula is C17H25N3O2. The van der Waals surface area contributed by atoms with Gasteiger partial charge in [-0.05, 0) is 43.9 Å². The topological polar surface area (TPSA) is 45.7 Å². The number of ether oxygens (including phenoxy) is 1. The lowest BCUT2D eigenvalue weighted by molar-refractivity contribution is -0.137. The molecule has 0 atom stereocenters. The Morgan fingerprint density at radius 2 is 2.14 bits per heavy atom. The van der Waals surface area contributed by atoms with E-state index in [1.165, 1.54) is 18.4 Å². The molecule has 3 heterocycles. The number of rotatable bonds is 4. The molecule has 0 unspecified atom stereocenters. The van der Waals surface area contributed by atoms with Gasteiger partial charge >= 0.3 is 0 Å². The van der Waals surface area contributed by atoms with Gasteiger partial charge in [-0.15, -0.1) is 0 Å². The molecule has 1 aromatic rings. The number of pyridine rings is 1. The van der Waals surface area contributed by atoms with Gasteiger partial charge in [-0.25, -0.2) is 0 Å². The molecule has 0 N–H and O–H groups in total. The van der Waals surface area contributed by atoms with Gasteiger partial charge in [0, 0.05) is 44.7 Å². The van der Waals surface area contributed by atoms with Crippen LogP contribution in [0.5, 0.6) is 0 Å². The predicted molar refractivity (Wildman–Crippen MR) is 84.3 cm³/mol. The minimum atomic E-state index is 0.120. The smallest absolute Gasteiger partial charge is 0.248 e. The quantitative estimate of drug-likeness (QED) is 0.849. The highest BCUT2D eigenvalue weighted by Crippen LogP contribution is 2.39. The molecule has 2 aliphatic heterocycles. The van der Waals surface area contributed by atoms with Crippen LogP contribution in [0.4, 0.5) is 0 Å². The van der Waals surface area contributed by atoms with Crippen LogP contribution in [-0.4, -0.2) is 59.6 Å². The second-order valence-corrected chi connectivity index (χ2v) is 6.42. The monoisotopic (exact) mass is 303 g/mol. The fraction of sp³-hybridized carbons (Fsp3) is 0.647. The van der Waals surface area contributed by atoms with Crippen LogP contribution in [0, 0.1) is 0 Å². The second kappa shape index (κ2) is 6.75. The number of likely N-dealkylation sites (tertiary alicyclic amines) is 2. The molecule has 0 bridgehead atoms. The summed E-state index contributed by atoms with van der Waals surface area (Å²) in [5.74, 6) is 0.120. The van der Waals surface area contributed by atoms with Crippen molar-refractivity contribution in [3.05, 3.63) is 30.1 Å². The lowest BCUT2D eigenvalue weighted by Gasteiger charge is -2.45. The Hall–Kier alpha value is -1.46. The van der Waals surface area contributed by atoms with Crippen LogP contribution >= 0.6 is 0 Å². The lowest BCUT2D eigenvalue weighted by atomic mass is 9.84. The summed E-state index contributed by atoms with van der Waals surface area (Å²) in [6.45, 7) is 4.03. The molecule has 1 aromatic heterocycles. The molecule has 2 fully saturated rings. The number of methoxy groups -OCH3 is 1. The van der Waals surface area contributed by atoms with Crippen LogP contribution in [0.25, 0.3) is 0 Å². The van der Waals surface area contributed by atoms with E-state index in [0.29, 0.717) is 0 Å². The van der Waals surface area contributed by atoms with E-state index in [1.807, 2.05) is 23.4 Å².